The lowest BCUT2D eigenvalue weighted by Gasteiger charge is -2.22. The fourth-order valence-corrected chi connectivity index (χ4v) is 2.61. The largest absolute Gasteiger partial charge is 0.449 e. The van der Waals surface area contributed by atoms with E-state index in [1.165, 1.54) is 4.90 Å². The third-order valence-corrected chi connectivity index (χ3v) is 4.03. The molecule has 0 bridgehead atoms. The summed E-state index contributed by atoms with van der Waals surface area (Å²) in [6.45, 7) is 9.42. The van der Waals surface area contributed by atoms with Gasteiger partial charge in [-0.25, -0.2) is 9.59 Å². The van der Waals surface area contributed by atoms with Crippen LogP contribution in [0.2, 0.25) is 0 Å². The summed E-state index contributed by atoms with van der Waals surface area (Å²) >= 11 is 0. The van der Waals surface area contributed by atoms with Crippen LogP contribution in [-0.2, 0) is 9.47 Å². The summed E-state index contributed by atoms with van der Waals surface area (Å²) < 4.78 is 16.1. The average molecular weight is 415 g/mol. The lowest BCUT2D eigenvalue weighted by Crippen LogP contribution is -2.36. The number of benzene rings is 2. The Bertz CT molecular complexity index is 838. The molecule has 0 spiro atoms. The molecule has 2 aromatic rings. The molecule has 0 atom stereocenters. The van der Waals surface area contributed by atoms with E-state index in [0.717, 1.165) is 11.3 Å². The molecule has 2 rings (SSSR count). The lowest BCUT2D eigenvalue weighted by atomic mass is 10.2. The van der Waals surface area contributed by atoms with Gasteiger partial charge in [-0.15, -0.1) is 0 Å². The number of nitrogens with zero attached hydrogens (tertiary/aromatic N) is 1. The van der Waals surface area contributed by atoms with Gasteiger partial charge in [-0.1, -0.05) is 32.0 Å². The second-order valence-corrected chi connectivity index (χ2v) is 7.20. The number of ether oxygens (including phenoxy) is 3. The standard InChI is InChI=1S/C23H30N2O5/c1-5-28-13-12-25(20-10-6-8-18(4)14-20)23(27)30-21-11-7-9-19(15-21)24-22(26)29-16-17(2)3/h6-11,14-15,17H,5,12-13,16H2,1-4H3,(H,24,26). The maximum absolute atomic E-state index is 12.9. The van der Waals surface area contributed by atoms with Gasteiger partial charge in [-0.3, -0.25) is 10.2 Å². The second kappa shape index (κ2) is 11.8. The predicted octanol–water partition coefficient (Wildman–Crippen LogP) is 5.24. The van der Waals surface area contributed by atoms with E-state index in [9.17, 15) is 9.59 Å². The fraction of sp³-hybridized carbons (Fsp3) is 0.391. The van der Waals surface area contributed by atoms with Crippen LogP contribution in [0.4, 0.5) is 21.0 Å². The third-order valence-electron chi connectivity index (χ3n) is 4.03. The third kappa shape index (κ3) is 7.75. The maximum Gasteiger partial charge on any atom is 0.419 e. The highest BCUT2D eigenvalue weighted by molar-refractivity contribution is 5.90. The van der Waals surface area contributed by atoms with Gasteiger partial charge in [-0.2, -0.15) is 0 Å². The summed E-state index contributed by atoms with van der Waals surface area (Å²) in [6, 6.07) is 14.2. The number of carbonyl (C=O) groups excluding carboxylic acids is 2. The van der Waals surface area contributed by atoms with Crippen molar-refractivity contribution in [2.24, 2.45) is 5.92 Å². The molecule has 2 aromatic carbocycles. The number of hydrogen-bond donors (Lipinski definition) is 1. The van der Waals surface area contributed by atoms with Crippen LogP contribution in [0.15, 0.2) is 48.5 Å². The molecule has 7 nitrogen and oxygen atoms in total. The minimum Gasteiger partial charge on any atom is -0.449 e. The van der Waals surface area contributed by atoms with Gasteiger partial charge in [-0.05, 0) is 49.6 Å². The normalized spacial score (nSPS) is 10.6. The number of amides is 2. The molecular weight excluding hydrogens is 384 g/mol. The topological polar surface area (TPSA) is 77.1 Å². The van der Waals surface area contributed by atoms with Crippen LogP contribution >= 0.6 is 0 Å². The first-order valence-electron chi connectivity index (χ1n) is 10.1. The number of carbonyl (C=O) groups is 2. The molecule has 162 valence electrons. The van der Waals surface area contributed by atoms with Crippen molar-refractivity contribution in [1.82, 2.24) is 0 Å². The monoisotopic (exact) mass is 414 g/mol. The molecule has 0 heterocycles. The van der Waals surface area contributed by atoms with Crippen molar-refractivity contribution in [1.29, 1.82) is 0 Å². The average Bonchev–Trinajstić information content (AvgIpc) is 2.70. The first-order chi connectivity index (χ1) is 14.4. The van der Waals surface area contributed by atoms with E-state index in [-0.39, 0.29) is 5.92 Å². The molecule has 1 N–H and O–H groups in total. The molecule has 0 aliphatic rings. The van der Waals surface area contributed by atoms with Gasteiger partial charge in [0.05, 0.1) is 19.8 Å². The molecule has 30 heavy (non-hydrogen) atoms. The summed E-state index contributed by atoms with van der Waals surface area (Å²) in [5.41, 5.74) is 2.24. The van der Waals surface area contributed by atoms with Crippen molar-refractivity contribution in [2.75, 3.05) is 36.6 Å². The van der Waals surface area contributed by atoms with Gasteiger partial charge in [0.2, 0.25) is 0 Å². The van der Waals surface area contributed by atoms with Gasteiger partial charge in [0, 0.05) is 24.0 Å². The van der Waals surface area contributed by atoms with Gasteiger partial charge < -0.3 is 14.2 Å². The van der Waals surface area contributed by atoms with Crippen LogP contribution in [0.5, 0.6) is 5.75 Å². The van der Waals surface area contributed by atoms with Crippen molar-refractivity contribution in [3.05, 3.63) is 54.1 Å². The van der Waals surface area contributed by atoms with Crippen LogP contribution < -0.4 is 15.0 Å². The Labute approximate surface area is 177 Å². The van der Waals surface area contributed by atoms with Crippen molar-refractivity contribution in [3.63, 3.8) is 0 Å². The van der Waals surface area contributed by atoms with Gasteiger partial charge in [0.1, 0.15) is 5.75 Å². The first-order valence-corrected chi connectivity index (χ1v) is 10.1. The minimum absolute atomic E-state index is 0.243. The summed E-state index contributed by atoms with van der Waals surface area (Å²) in [5, 5.41) is 2.64. The van der Waals surface area contributed by atoms with Crippen molar-refractivity contribution in [3.8, 4) is 5.75 Å². The SMILES string of the molecule is CCOCCN(C(=O)Oc1cccc(NC(=O)OCC(C)C)c1)c1cccc(C)c1. The second-order valence-electron chi connectivity index (χ2n) is 7.20. The Hall–Kier alpha value is -3.06. The molecule has 0 radical (unpaired) electrons. The molecule has 0 aliphatic heterocycles. The smallest absolute Gasteiger partial charge is 0.419 e. The van der Waals surface area contributed by atoms with Crippen LogP contribution in [0, 0.1) is 12.8 Å². The number of aryl methyl sites for hydroxylation is 1. The molecule has 0 aliphatic carbocycles. The summed E-state index contributed by atoms with van der Waals surface area (Å²) in [5.74, 6) is 0.558. The van der Waals surface area contributed by atoms with Gasteiger partial charge >= 0.3 is 12.2 Å². The van der Waals surface area contributed by atoms with Crippen molar-refractivity contribution in [2.45, 2.75) is 27.7 Å². The Balaban J connectivity index is 2.08. The molecule has 0 unspecified atom stereocenters. The molecule has 0 saturated heterocycles. The molecule has 7 heteroatoms. The zero-order valence-electron chi connectivity index (χ0n) is 18.0. The molecule has 2 amide bonds. The maximum atomic E-state index is 12.9. The van der Waals surface area contributed by atoms with Crippen molar-refractivity contribution >= 4 is 23.6 Å². The van der Waals surface area contributed by atoms with Crippen LogP contribution in [0.25, 0.3) is 0 Å². The van der Waals surface area contributed by atoms with Crippen LogP contribution in [0.1, 0.15) is 26.3 Å². The van der Waals surface area contributed by atoms with E-state index in [0.29, 0.717) is 37.8 Å². The highest BCUT2D eigenvalue weighted by atomic mass is 16.6. The number of rotatable bonds is 9. The highest BCUT2D eigenvalue weighted by Gasteiger charge is 2.18. The highest BCUT2D eigenvalue weighted by Crippen LogP contribution is 2.21. The van der Waals surface area contributed by atoms with E-state index in [4.69, 9.17) is 14.2 Å². The Morgan fingerprint density at radius 1 is 1.10 bits per heavy atom. The van der Waals surface area contributed by atoms with Crippen molar-refractivity contribution < 1.29 is 23.8 Å². The number of hydrogen-bond acceptors (Lipinski definition) is 5. The van der Waals surface area contributed by atoms with E-state index >= 15 is 0 Å². The quantitative estimate of drug-likeness (QED) is 0.568. The molecule has 0 fully saturated rings. The number of nitrogens with one attached hydrogen (secondary N) is 1. The summed E-state index contributed by atoms with van der Waals surface area (Å²) in [7, 11) is 0. The van der Waals surface area contributed by atoms with E-state index in [2.05, 4.69) is 5.32 Å². The summed E-state index contributed by atoms with van der Waals surface area (Å²) in [4.78, 5) is 26.3. The Kier molecular flexibility index (Phi) is 9.15. The van der Waals surface area contributed by atoms with E-state index in [1.807, 2.05) is 52.0 Å². The molecular formula is C23H30N2O5. The van der Waals surface area contributed by atoms with Gasteiger partial charge in [0.25, 0.3) is 0 Å². The summed E-state index contributed by atoms with van der Waals surface area (Å²) in [6.07, 6.45) is -1.08. The number of anilines is 2. The van der Waals surface area contributed by atoms with Gasteiger partial charge in [0.15, 0.2) is 0 Å². The minimum atomic E-state index is -0.551. The van der Waals surface area contributed by atoms with Crippen LogP contribution in [-0.4, -0.2) is 38.6 Å². The molecule has 0 aromatic heterocycles. The molecule has 0 saturated carbocycles. The fourth-order valence-electron chi connectivity index (χ4n) is 2.61. The zero-order chi connectivity index (χ0) is 21.9. The first kappa shape index (κ1) is 23.2. The van der Waals surface area contributed by atoms with E-state index in [1.54, 1.807) is 24.3 Å². The van der Waals surface area contributed by atoms with E-state index < -0.39 is 12.2 Å². The Morgan fingerprint density at radius 2 is 1.87 bits per heavy atom. The Morgan fingerprint density at radius 3 is 2.57 bits per heavy atom. The lowest BCUT2D eigenvalue weighted by molar-refractivity contribution is 0.147. The zero-order valence-corrected chi connectivity index (χ0v) is 18.0. The van der Waals surface area contributed by atoms with Crippen LogP contribution in [0.3, 0.4) is 0 Å². The predicted molar refractivity (Wildman–Crippen MR) is 117 cm³/mol.